The van der Waals surface area contributed by atoms with Crippen molar-refractivity contribution in [3.05, 3.63) is 0 Å². The highest BCUT2D eigenvalue weighted by atomic mass is 31.1. The first-order chi connectivity index (χ1) is 5.75. The Kier molecular flexibility index (Phi) is 4.57. The topological polar surface area (TPSA) is 0 Å². The molecule has 0 nitrogen and oxygen atoms in total. The van der Waals surface area contributed by atoms with Crippen molar-refractivity contribution in [3.63, 3.8) is 0 Å². The van der Waals surface area contributed by atoms with Crippen LogP contribution in [-0.2, 0) is 0 Å². The zero-order valence-corrected chi connectivity index (χ0v) is 9.77. The van der Waals surface area contributed by atoms with Gasteiger partial charge in [0, 0.05) is 0 Å². The standard InChI is InChI=1S/C11H23P/c1-9(5-4-8-12-3)10(2)11-6-7-11/h9-12H,4-8H2,1-3H3. The summed E-state index contributed by atoms with van der Waals surface area (Å²) < 4.78 is 0. The molecule has 0 radical (unpaired) electrons. The highest BCUT2D eigenvalue weighted by Gasteiger charge is 2.30. The summed E-state index contributed by atoms with van der Waals surface area (Å²) in [6.45, 7) is 7.22. The quantitative estimate of drug-likeness (QED) is 0.437. The summed E-state index contributed by atoms with van der Waals surface area (Å²) in [5, 5.41) is 0. The lowest BCUT2D eigenvalue weighted by molar-refractivity contribution is 0.325. The molecule has 1 fully saturated rings. The third-order valence-electron chi connectivity index (χ3n) is 3.35. The first kappa shape index (κ1) is 10.5. The van der Waals surface area contributed by atoms with Gasteiger partial charge in [-0.25, -0.2) is 0 Å². The molecule has 0 heterocycles. The van der Waals surface area contributed by atoms with E-state index in [4.69, 9.17) is 0 Å². The van der Waals surface area contributed by atoms with Gasteiger partial charge in [0.05, 0.1) is 0 Å². The fourth-order valence-electron chi connectivity index (χ4n) is 1.95. The molecule has 0 saturated heterocycles. The van der Waals surface area contributed by atoms with E-state index >= 15 is 0 Å². The number of rotatable bonds is 6. The van der Waals surface area contributed by atoms with E-state index in [1.165, 1.54) is 31.8 Å². The van der Waals surface area contributed by atoms with E-state index in [9.17, 15) is 0 Å². The summed E-state index contributed by atoms with van der Waals surface area (Å²) in [6, 6.07) is 0. The second-order valence-corrected chi connectivity index (χ2v) is 5.63. The molecule has 72 valence electrons. The Hall–Kier alpha value is 0.430. The van der Waals surface area contributed by atoms with Crippen molar-refractivity contribution in [2.24, 2.45) is 17.8 Å². The average molecular weight is 186 g/mol. The van der Waals surface area contributed by atoms with E-state index in [-0.39, 0.29) is 0 Å². The molecule has 12 heavy (non-hydrogen) atoms. The van der Waals surface area contributed by atoms with Gasteiger partial charge in [-0.05, 0) is 49.8 Å². The molecule has 0 aliphatic heterocycles. The van der Waals surface area contributed by atoms with Crippen molar-refractivity contribution >= 4 is 8.58 Å². The van der Waals surface area contributed by atoms with Gasteiger partial charge in [0.15, 0.2) is 0 Å². The van der Waals surface area contributed by atoms with Crippen LogP contribution in [-0.4, -0.2) is 12.8 Å². The molecule has 0 bridgehead atoms. The predicted octanol–water partition coefficient (Wildman–Crippen LogP) is 3.76. The van der Waals surface area contributed by atoms with Gasteiger partial charge in [-0.2, -0.15) is 0 Å². The minimum atomic E-state index is 0.980. The van der Waals surface area contributed by atoms with Gasteiger partial charge in [-0.15, -0.1) is 8.58 Å². The molecule has 1 rings (SSSR count). The van der Waals surface area contributed by atoms with Gasteiger partial charge in [0.25, 0.3) is 0 Å². The smallest absolute Gasteiger partial charge is 0.0356 e. The summed E-state index contributed by atoms with van der Waals surface area (Å²) in [5.74, 6) is 3.09. The Morgan fingerprint density at radius 1 is 1.33 bits per heavy atom. The first-order valence-electron chi connectivity index (χ1n) is 5.40. The molecule has 0 amide bonds. The van der Waals surface area contributed by atoms with E-state index in [0.717, 1.165) is 26.3 Å². The fraction of sp³-hybridized carbons (Fsp3) is 1.00. The maximum absolute atomic E-state index is 2.45. The van der Waals surface area contributed by atoms with Gasteiger partial charge in [-0.1, -0.05) is 20.3 Å². The van der Waals surface area contributed by atoms with E-state index in [1.807, 2.05) is 0 Å². The molecule has 0 N–H and O–H groups in total. The highest BCUT2D eigenvalue weighted by molar-refractivity contribution is 7.36. The van der Waals surface area contributed by atoms with Crippen LogP contribution in [0, 0.1) is 17.8 Å². The molecule has 3 atom stereocenters. The van der Waals surface area contributed by atoms with E-state index in [0.29, 0.717) is 0 Å². The van der Waals surface area contributed by atoms with Crippen molar-refractivity contribution < 1.29 is 0 Å². The average Bonchev–Trinajstić information content (AvgIpc) is 2.86. The van der Waals surface area contributed by atoms with Crippen molar-refractivity contribution in [2.45, 2.75) is 39.5 Å². The van der Waals surface area contributed by atoms with Crippen molar-refractivity contribution in [2.75, 3.05) is 12.8 Å². The largest absolute Gasteiger partial charge is 0.125 e. The van der Waals surface area contributed by atoms with Crippen molar-refractivity contribution in [1.82, 2.24) is 0 Å². The van der Waals surface area contributed by atoms with Crippen LogP contribution in [0.4, 0.5) is 0 Å². The van der Waals surface area contributed by atoms with Crippen LogP contribution in [0.15, 0.2) is 0 Å². The molecule has 1 heteroatoms. The molecule has 1 aliphatic carbocycles. The Balaban J connectivity index is 2.04. The molecule has 0 aromatic carbocycles. The summed E-state index contributed by atoms with van der Waals surface area (Å²) in [7, 11) is 1.16. The summed E-state index contributed by atoms with van der Waals surface area (Å²) >= 11 is 0. The lowest BCUT2D eigenvalue weighted by Gasteiger charge is -2.18. The van der Waals surface area contributed by atoms with Crippen LogP contribution in [0.1, 0.15) is 39.5 Å². The SMILES string of the molecule is CPCCCC(C)C(C)C1CC1. The van der Waals surface area contributed by atoms with E-state index in [2.05, 4.69) is 20.5 Å². The number of hydrogen-bond acceptors (Lipinski definition) is 0. The molecular weight excluding hydrogens is 163 g/mol. The zero-order valence-electron chi connectivity index (χ0n) is 8.77. The first-order valence-corrected chi connectivity index (χ1v) is 7.11. The van der Waals surface area contributed by atoms with Gasteiger partial charge in [-0.3, -0.25) is 0 Å². The maximum atomic E-state index is 2.45. The minimum absolute atomic E-state index is 0.980. The van der Waals surface area contributed by atoms with Crippen LogP contribution in [0.5, 0.6) is 0 Å². The highest BCUT2D eigenvalue weighted by Crippen LogP contribution is 2.41. The molecule has 1 saturated carbocycles. The zero-order chi connectivity index (χ0) is 8.97. The Morgan fingerprint density at radius 3 is 2.50 bits per heavy atom. The predicted molar refractivity (Wildman–Crippen MR) is 59.4 cm³/mol. The fourth-order valence-corrected chi connectivity index (χ4v) is 2.51. The van der Waals surface area contributed by atoms with Gasteiger partial charge in [0.2, 0.25) is 0 Å². The van der Waals surface area contributed by atoms with Gasteiger partial charge >= 0.3 is 0 Å². The van der Waals surface area contributed by atoms with Crippen LogP contribution < -0.4 is 0 Å². The van der Waals surface area contributed by atoms with Crippen LogP contribution in [0.25, 0.3) is 0 Å². The van der Waals surface area contributed by atoms with E-state index in [1.54, 1.807) is 0 Å². The van der Waals surface area contributed by atoms with Crippen LogP contribution in [0.2, 0.25) is 0 Å². The van der Waals surface area contributed by atoms with Crippen molar-refractivity contribution in [3.8, 4) is 0 Å². The van der Waals surface area contributed by atoms with Crippen molar-refractivity contribution in [1.29, 1.82) is 0 Å². The third-order valence-corrected chi connectivity index (χ3v) is 4.20. The second kappa shape index (κ2) is 5.22. The van der Waals surface area contributed by atoms with Crippen LogP contribution in [0.3, 0.4) is 0 Å². The molecule has 1 aliphatic rings. The Bertz CT molecular complexity index is 118. The van der Waals surface area contributed by atoms with E-state index < -0.39 is 0 Å². The second-order valence-electron chi connectivity index (χ2n) is 4.42. The third kappa shape index (κ3) is 3.44. The summed E-state index contributed by atoms with van der Waals surface area (Å²) in [4.78, 5) is 0. The summed E-state index contributed by atoms with van der Waals surface area (Å²) in [6.07, 6.45) is 7.43. The number of hydrogen-bond donors (Lipinski definition) is 0. The minimum Gasteiger partial charge on any atom is -0.125 e. The maximum Gasteiger partial charge on any atom is -0.0356 e. The Morgan fingerprint density at radius 2 is 2.00 bits per heavy atom. The lowest BCUT2D eigenvalue weighted by Crippen LogP contribution is -2.10. The lowest BCUT2D eigenvalue weighted by atomic mass is 9.88. The molecule has 0 aromatic rings. The molecule has 0 aromatic heterocycles. The molecule has 0 spiro atoms. The van der Waals surface area contributed by atoms with Crippen LogP contribution >= 0.6 is 8.58 Å². The summed E-state index contributed by atoms with van der Waals surface area (Å²) in [5.41, 5.74) is 0. The van der Waals surface area contributed by atoms with Gasteiger partial charge < -0.3 is 0 Å². The van der Waals surface area contributed by atoms with Gasteiger partial charge in [0.1, 0.15) is 0 Å². The Labute approximate surface area is 79.3 Å². The molecule has 3 unspecified atom stereocenters. The molecular formula is C11H23P. The normalized spacial score (nSPS) is 23.2. The monoisotopic (exact) mass is 186 g/mol.